The predicted octanol–water partition coefficient (Wildman–Crippen LogP) is 0.965. The molecule has 4 unspecified atom stereocenters. The molecule has 1 saturated carbocycles. The first kappa shape index (κ1) is 12.7. The summed E-state index contributed by atoms with van der Waals surface area (Å²) < 4.78 is 5.65. The fourth-order valence-corrected chi connectivity index (χ4v) is 3.20. The maximum Gasteiger partial charge on any atom is 0.250 e. The van der Waals surface area contributed by atoms with Gasteiger partial charge in [0.25, 0.3) is 0 Å². The third-order valence-electron chi connectivity index (χ3n) is 4.01. The van der Waals surface area contributed by atoms with Crippen molar-refractivity contribution in [1.29, 1.82) is 0 Å². The zero-order chi connectivity index (χ0) is 13.6. The van der Waals surface area contributed by atoms with Crippen molar-refractivity contribution in [2.24, 2.45) is 17.4 Å². The van der Waals surface area contributed by atoms with Gasteiger partial charge in [0.2, 0.25) is 5.91 Å². The number of primary amides is 1. The summed E-state index contributed by atoms with van der Waals surface area (Å²) in [5.41, 5.74) is 12.5. The fraction of sp³-hybridized carbons (Fsp3) is 0.462. The number of hydrogen-bond acceptors (Lipinski definition) is 4. The van der Waals surface area contributed by atoms with Crippen LogP contribution in [0.15, 0.2) is 18.2 Å². The summed E-state index contributed by atoms with van der Waals surface area (Å²) in [4.78, 5) is 11.1. The highest BCUT2D eigenvalue weighted by Crippen LogP contribution is 2.39. The minimum atomic E-state index is -0.531. The number of amides is 1. The van der Waals surface area contributed by atoms with Gasteiger partial charge in [0, 0.05) is 24.3 Å². The first-order valence-corrected chi connectivity index (χ1v) is 6.69. The van der Waals surface area contributed by atoms with Crippen LogP contribution in [0.4, 0.5) is 5.69 Å². The monoisotopic (exact) mass is 281 g/mol. The number of hydrogen-bond donors (Lipinski definition) is 3. The molecule has 1 aliphatic carbocycles. The second-order valence-electron chi connectivity index (χ2n) is 5.09. The molecule has 0 aromatic heterocycles. The minimum absolute atomic E-state index is 0.0992. The van der Waals surface area contributed by atoms with Crippen molar-refractivity contribution < 1.29 is 9.53 Å². The molecule has 0 bridgehead atoms. The van der Waals surface area contributed by atoms with E-state index in [-0.39, 0.29) is 18.2 Å². The van der Waals surface area contributed by atoms with Gasteiger partial charge in [-0.1, -0.05) is 11.6 Å². The van der Waals surface area contributed by atoms with E-state index in [1.165, 1.54) is 0 Å². The zero-order valence-corrected chi connectivity index (χ0v) is 11.1. The quantitative estimate of drug-likeness (QED) is 0.770. The smallest absolute Gasteiger partial charge is 0.250 e. The molecule has 1 aromatic carbocycles. The Morgan fingerprint density at radius 3 is 2.95 bits per heavy atom. The SMILES string of the molecule is NC(=O)c1ccc(NC2C(N)C3CCOC32)cc1Cl. The molecule has 6 heteroatoms. The molecule has 1 aromatic rings. The molecule has 4 atom stereocenters. The van der Waals surface area contributed by atoms with Crippen LogP contribution in [0.1, 0.15) is 16.8 Å². The molecule has 3 rings (SSSR count). The van der Waals surface area contributed by atoms with Gasteiger partial charge < -0.3 is 21.5 Å². The number of carbonyl (C=O) groups excluding carboxylic acids is 1. The van der Waals surface area contributed by atoms with E-state index < -0.39 is 5.91 Å². The Balaban J connectivity index is 1.74. The van der Waals surface area contributed by atoms with E-state index in [0.29, 0.717) is 16.5 Å². The lowest BCUT2D eigenvalue weighted by Gasteiger charge is -2.46. The minimum Gasteiger partial charge on any atom is -0.378 e. The highest BCUT2D eigenvalue weighted by Gasteiger charge is 2.52. The number of benzene rings is 1. The van der Waals surface area contributed by atoms with E-state index in [0.717, 1.165) is 18.7 Å². The fourth-order valence-electron chi connectivity index (χ4n) is 2.92. The lowest BCUT2D eigenvalue weighted by atomic mass is 9.72. The van der Waals surface area contributed by atoms with Gasteiger partial charge in [0.15, 0.2) is 0 Å². The van der Waals surface area contributed by atoms with Crippen molar-refractivity contribution in [1.82, 2.24) is 0 Å². The van der Waals surface area contributed by atoms with Gasteiger partial charge in [-0.3, -0.25) is 4.79 Å². The Morgan fingerprint density at radius 2 is 2.26 bits per heavy atom. The molecular weight excluding hydrogens is 266 g/mol. The highest BCUT2D eigenvalue weighted by atomic mass is 35.5. The van der Waals surface area contributed by atoms with E-state index in [1.54, 1.807) is 18.2 Å². The summed E-state index contributed by atoms with van der Waals surface area (Å²) in [6.07, 6.45) is 1.22. The number of rotatable bonds is 3. The molecule has 2 fully saturated rings. The molecule has 5 N–H and O–H groups in total. The van der Waals surface area contributed by atoms with Gasteiger partial charge in [-0.05, 0) is 24.6 Å². The van der Waals surface area contributed by atoms with Crippen molar-refractivity contribution in [3.05, 3.63) is 28.8 Å². The van der Waals surface area contributed by atoms with Crippen LogP contribution in [0, 0.1) is 5.92 Å². The van der Waals surface area contributed by atoms with Crippen LogP contribution in [0.25, 0.3) is 0 Å². The molecule has 1 heterocycles. The summed E-state index contributed by atoms with van der Waals surface area (Å²) in [7, 11) is 0. The second-order valence-corrected chi connectivity index (χ2v) is 5.50. The Morgan fingerprint density at radius 1 is 1.47 bits per heavy atom. The Bertz CT molecular complexity index is 523. The van der Waals surface area contributed by atoms with Gasteiger partial charge in [-0.15, -0.1) is 0 Å². The molecule has 1 aliphatic heterocycles. The average Bonchev–Trinajstić information content (AvgIpc) is 2.80. The van der Waals surface area contributed by atoms with Gasteiger partial charge in [0.1, 0.15) is 0 Å². The molecule has 5 nitrogen and oxygen atoms in total. The summed E-state index contributed by atoms with van der Waals surface area (Å²) in [6, 6.07) is 5.28. The largest absolute Gasteiger partial charge is 0.378 e. The normalized spacial score (nSPS) is 32.5. The number of nitrogens with two attached hydrogens (primary N) is 2. The number of anilines is 1. The van der Waals surface area contributed by atoms with Crippen LogP contribution in [-0.4, -0.2) is 30.7 Å². The molecule has 1 saturated heterocycles. The van der Waals surface area contributed by atoms with E-state index in [1.807, 2.05) is 0 Å². The standard InChI is InChI=1S/C13H16ClN3O2/c14-9-5-6(1-2-7(9)13(16)18)17-11-10(15)8-3-4-19-12(8)11/h1-2,5,8,10-12,17H,3-4,15H2,(H2,16,18). The molecule has 0 spiro atoms. The Kier molecular flexibility index (Phi) is 3.12. The molecular formula is C13H16ClN3O2. The third kappa shape index (κ3) is 2.08. The van der Waals surface area contributed by atoms with Crippen molar-refractivity contribution in [2.45, 2.75) is 24.6 Å². The van der Waals surface area contributed by atoms with E-state index in [2.05, 4.69) is 5.32 Å². The maximum absolute atomic E-state index is 11.1. The topological polar surface area (TPSA) is 90.4 Å². The first-order chi connectivity index (χ1) is 9.08. The van der Waals surface area contributed by atoms with Crippen LogP contribution in [0.3, 0.4) is 0 Å². The average molecular weight is 282 g/mol. The van der Waals surface area contributed by atoms with Crippen molar-refractivity contribution >= 4 is 23.2 Å². The number of halogens is 1. The number of ether oxygens (including phenoxy) is 1. The summed E-state index contributed by atoms with van der Waals surface area (Å²) >= 11 is 6.01. The van der Waals surface area contributed by atoms with Crippen LogP contribution in [-0.2, 0) is 4.74 Å². The van der Waals surface area contributed by atoms with Gasteiger partial charge in [-0.2, -0.15) is 0 Å². The summed E-state index contributed by atoms with van der Waals surface area (Å²) in [5.74, 6) is -0.0750. The molecule has 19 heavy (non-hydrogen) atoms. The Labute approximate surface area is 116 Å². The zero-order valence-electron chi connectivity index (χ0n) is 10.3. The third-order valence-corrected chi connectivity index (χ3v) is 4.33. The van der Waals surface area contributed by atoms with Gasteiger partial charge in [-0.25, -0.2) is 0 Å². The maximum atomic E-state index is 11.1. The summed E-state index contributed by atoms with van der Waals surface area (Å²) in [5, 5.41) is 3.66. The molecule has 2 aliphatic rings. The van der Waals surface area contributed by atoms with E-state index >= 15 is 0 Å². The lowest BCUT2D eigenvalue weighted by Crippen LogP contribution is -2.65. The molecule has 1 amide bonds. The van der Waals surface area contributed by atoms with Gasteiger partial charge in [0.05, 0.1) is 22.7 Å². The van der Waals surface area contributed by atoms with Crippen LogP contribution in [0.2, 0.25) is 5.02 Å². The van der Waals surface area contributed by atoms with Gasteiger partial charge >= 0.3 is 0 Å². The van der Waals surface area contributed by atoms with Crippen molar-refractivity contribution in [3.63, 3.8) is 0 Å². The van der Waals surface area contributed by atoms with Crippen LogP contribution < -0.4 is 16.8 Å². The number of fused-ring (bicyclic) bond motifs is 1. The highest BCUT2D eigenvalue weighted by molar-refractivity contribution is 6.34. The molecule has 102 valence electrons. The van der Waals surface area contributed by atoms with E-state index in [4.69, 9.17) is 27.8 Å². The Hall–Kier alpha value is -1.30. The van der Waals surface area contributed by atoms with E-state index in [9.17, 15) is 4.79 Å². The first-order valence-electron chi connectivity index (χ1n) is 6.31. The van der Waals surface area contributed by atoms with Crippen molar-refractivity contribution in [3.8, 4) is 0 Å². The predicted molar refractivity (Wildman–Crippen MR) is 73.2 cm³/mol. The van der Waals surface area contributed by atoms with Crippen molar-refractivity contribution in [2.75, 3.05) is 11.9 Å². The molecule has 0 radical (unpaired) electrons. The summed E-state index contributed by atoms with van der Waals surface area (Å²) in [6.45, 7) is 0.780. The second kappa shape index (κ2) is 4.67. The van der Waals surface area contributed by atoms with Crippen LogP contribution in [0.5, 0.6) is 0 Å². The lowest BCUT2D eigenvalue weighted by molar-refractivity contribution is 0.00537. The number of carbonyl (C=O) groups is 1. The number of nitrogens with one attached hydrogen (secondary N) is 1. The van der Waals surface area contributed by atoms with Crippen LogP contribution >= 0.6 is 11.6 Å².